The highest BCUT2D eigenvalue weighted by Crippen LogP contribution is 2.32. The SMILES string of the molecule is COc1cc2c(C)nc(-c3nc(C(C)C)cs3)nc2cc1Cl. The highest BCUT2D eigenvalue weighted by atomic mass is 35.5. The lowest BCUT2D eigenvalue weighted by atomic mass is 10.2. The average Bonchev–Trinajstić information content (AvgIpc) is 2.96. The molecule has 0 N–H and O–H groups in total. The molecule has 0 fully saturated rings. The van der Waals surface area contributed by atoms with Crippen LogP contribution < -0.4 is 4.74 Å². The van der Waals surface area contributed by atoms with Gasteiger partial charge in [0.05, 0.1) is 23.3 Å². The zero-order valence-corrected chi connectivity index (χ0v) is 14.4. The standard InChI is InChI=1S/C16H16ClN3OS/c1-8(2)13-7-22-16(20-13)15-18-9(3)10-5-14(21-4)11(17)6-12(10)19-15/h5-8H,1-4H3. The second-order valence-corrected chi connectivity index (χ2v) is 6.63. The molecule has 0 spiro atoms. The number of benzene rings is 1. The Kier molecular flexibility index (Phi) is 4.02. The highest BCUT2D eigenvalue weighted by molar-refractivity contribution is 7.13. The second-order valence-electron chi connectivity index (χ2n) is 5.37. The van der Waals surface area contributed by atoms with Crippen LogP contribution in [0.15, 0.2) is 17.5 Å². The van der Waals surface area contributed by atoms with E-state index in [1.165, 1.54) is 0 Å². The number of methoxy groups -OCH3 is 1. The first-order chi connectivity index (χ1) is 10.5. The molecule has 0 saturated heterocycles. The maximum atomic E-state index is 6.20. The lowest BCUT2D eigenvalue weighted by molar-refractivity contribution is 0.415. The molecule has 0 saturated carbocycles. The van der Waals surface area contributed by atoms with Crippen molar-refractivity contribution < 1.29 is 4.74 Å². The van der Waals surface area contributed by atoms with Crippen LogP contribution in [0.25, 0.3) is 21.7 Å². The maximum absolute atomic E-state index is 6.20. The Bertz CT molecular complexity index is 845. The molecule has 1 aromatic carbocycles. The van der Waals surface area contributed by atoms with E-state index in [-0.39, 0.29) is 0 Å². The molecule has 2 heterocycles. The monoisotopic (exact) mass is 333 g/mol. The van der Waals surface area contributed by atoms with E-state index in [1.807, 2.05) is 19.1 Å². The van der Waals surface area contributed by atoms with Crippen molar-refractivity contribution in [3.63, 3.8) is 0 Å². The predicted octanol–water partition coefficient (Wildman–Crippen LogP) is 4.85. The van der Waals surface area contributed by atoms with Crippen LogP contribution in [0.2, 0.25) is 5.02 Å². The van der Waals surface area contributed by atoms with Gasteiger partial charge in [0.2, 0.25) is 0 Å². The number of rotatable bonds is 3. The van der Waals surface area contributed by atoms with Crippen molar-refractivity contribution in [1.82, 2.24) is 15.0 Å². The zero-order chi connectivity index (χ0) is 15.9. The molecular formula is C16H16ClN3OS. The summed E-state index contributed by atoms with van der Waals surface area (Å²) in [5, 5.41) is 4.37. The number of ether oxygens (including phenoxy) is 1. The molecule has 4 nitrogen and oxygen atoms in total. The first-order valence-electron chi connectivity index (χ1n) is 6.97. The summed E-state index contributed by atoms with van der Waals surface area (Å²) in [7, 11) is 1.60. The Morgan fingerprint density at radius 3 is 2.59 bits per heavy atom. The molecule has 114 valence electrons. The van der Waals surface area contributed by atoms with E-state index in [0.29, 0.717) is 22.5 Å². The third-order valence-corrected chi connectivity index (χ3v) is 4.62. The minimum atomic E-state index is 0.394. The molecule has 0 atom stereocenters. The van der Waals surface area contributed by atoms with Gasteiger partial charge in [-0.15, -0.1) is 11.3 Å². The minimum Gasteiger partial charge on any atom is -0.495 e. The van der Waals surface area contributed by atoms with Gasteiger partial charge in [-0.05, 0) is 25.0 Å². The van der Waals surface area contributed by atoms with E-state index >= 15 is 0 Å². The van der Waals surface area contributed by atoms with Crippen LogP contribution in [0.5, 0.6) is 5.75 Å². The van der Waals surface area contributed by atoms with Gasteiger partial charge in [0.15, 0.2) is 10.8 Å². The summed E-state index contributed by atoms with van der Waals surface area (Å²) in [6, 6.07) is 3.68. The lowest BCUT2D eigenvalue weighted by Crippen LogP contribution is -1.96. The van der Waals surface area contributed by atoms with Crippen LogP contribution in [0.3, 0.4) is 0 Å². The van der Waals surface area contributed by atoms with Gasteiger partial charge >= 0.3 is 0 Å². The minimum absolute atomic E-state index is 0.394. The Labute approximate surface area is 138 Å². The number of hydrogen-bond acceptors (Lipinski definition) is 5. The van der Waals surface area contributed by atoms with Gasteiger partial charge in [-0.25, -0.2) is 15.0 Å². The molecule has 0 radical (unpaired) electrons. The Morgan fingerprint density at radius 2 is 1.95 bits per heavy atom. The Morgan fingerprint density at radius 1 is 1.18 bits per heavy atom. The molecule has 6 heteroatoms. The molecule has 0 aliphatic carbocycles. The van der Waals surface area contributed by atoms with E-state index in [4.69, 9.17) is 16.3 Å². The number of aryl methyl sites for hydroxylation is 1. The van der Waals surface area contributed by atoms with Gasteiger partial charge in [0, 0.05) is 16.5 Å². The summed E-state index contributed by atoms with van der Waals surface area (Å²) in [5.74, 6) is 1.67. The fourth-order valence-corrected chi connectivity index (χ4v) is 3.34. The number of hydrogen-bond donors (Lipinski definition) is 0. The third-order valence-electron chi connectivity index (χ3n) is 3.46. The first-order valence-corrected chi connectivity index (χ1v) is 8.23. The first kappa shape index (κ1) is 15.2. The van der Waals surface area contributed by atoms with Crippen molar-refractivity contribution >= 4 is 33.8 Å². The van der Waals surface area contributed by atoms with Gasteiger partial charge < -0.3 is 4.74 Å². The summed E-state index contributed by atoms with van der Waals surface area (Å²) >= 11 is 7.77. The van der Waals surface area contributed by atoms with E-state index in [1.54, 1.807) is 18.4 Å². The van der Waals surface area contributed by atoms with E-state index < -0.39 is 0 Å². The van der Waals surface area contributed by atoms with Gasteiger partial charge in [-0.1, -0.05) is 25.4 Å². The number of thiazole rings is 1. The van der Waals surface area contributed by atoms with Crippen LogP contribution in [-0.2, 0) is 0 Å². The summed E-state index contributed by atoms with van der Waals surface area (Å²) in [6.07, 6.45) is 0. The Hall–Kier alpha value is -1.72. The zero-order valence-electron chi connectivity index (χ0n) is 12.8. The average molecular weight is 334 g/mol. The molecule has 22 heavy (non-hydrogen) atoms. The van der Waals surface area contributed by atoms with Crippen molar-refractivity contribution in [3.05, 3.63) is 33.9 Å². The topological polar surface area (TPSA) is 47.9 Å². The third kappa shape index (κ3) is 2.66. The quantitative estimate of drug-likeness (QED) is 0.687. The molecule has 2 aromatic heterocycles. The molecule has 0 amide bonds. The van der Waals surface area contributed by atoms with Crippen LogP contribution in [0.1, 0.15) is 31.2 Å². The van der Waals surface area contributed by atoms with Crippen LogP contribution in [-0.4, -0.2) is 22.1 Å². The fourth-order valence-electron chi connectivity index (χ4n) is 2.19. The van der Waals surface area contributed by atoms with E-state index in [9.17, 15) is 0 Å². The van der Waals surface area contributed by atoms with Gasteiger partial charge in [0.25, 0.3) is 0 Å². The highest BCUT2D eigenvalue weighted by Gasteiger charge is 2.14. The van der Waals surface area contributed by atoms with Crippen LogP contribution >= 0.6 is 22.9 Å². The van der Waals surface area contributed by atoms with Crippen molar-refractivity contribution in [2.45, 2.75) is 26.7 Å². The molecule has 0 unspecified atom stereocenters. The second kappa shape index (κ2) is 5.82. The predicted molar refractivity (Wildman–Crippen MR) is 91.0 cm³/mol. The van der Waals surface area contributed by atoms with Gasteiger partial charge in [-0.3, -0.25) is 0 Å². The molecule has 0 bridgehead atoms. The largest absolute Gasteiger partial charge is 0.495 e. The summed E-state index contributed by atoms with van der Waals surface area (Å²) < 4.78 is 5.25. The number of nitrogens with zero attached hydrogens (tertiary/aromatic N) is 3. The molecule has 3 rings (SSSR count). The van der Waals surface area contributed by atoms with Gasteiger partial charge in [-0.2, -0.15) is 0 Å². The molecular weight excluding hydrogens is 318 g/mol. The fraction of sp³-hybridized carbons (Fsp3) is 0.312. The van der Waals surface area contributed by atoms with Gasteiger partial charge in [0.1, 0.15) is 5.75 Å². The molecule has 0 aliphatic rings. The normalized spacial score (nSPS) is 11.4. The van der Waals surface area contributed by atoms with Crippen molar-refractivity contribution in [2.75, 3.05) is 7.11 Å². The number of halogens is 1. The summed E-state index contributed by atoms with van der Waals surface area (Å²) in [6.45, 7) is 6.20. The van der Waals surface area contributed by atoms with E-state index in [2.05, 4.69) is 34.2 Å². The van der Waals surface area contributed by atoms with Crippen molar-refractivity contribution in [3.8, 4) is 16.6 Å². The number of fused-ring (bicyclic) bond motifs is 1. The smallest absolute Gasteiger partial charge is 0.189 e. The van der Waals surface area contributed by atoms with E-state index in [0.717, 1.165) is 27.3 Å². The summed E-state index contributed by atoms with van der Waals surface area (Å²) in [4.78, 5) is 13.8. The lowest BCUT2D eigenvalue weighted by Gasteiger charge is -2.08. The van der Waals surface area contributed by atoms with Crippen molar-refractivity contribution in [2.24, 2.45) is 0 Å². The maximum Gasteiger partial charge on any atom is 0.189 e. The Balaban J connectivity index is 2.15. The molecule has 3 aromatic rings. The number of aromatic nitrogens is 3. The van der Waals surface area contributed by atoms with Crippen LogP contribution in [0, 0.1) is 6.92 Å². The summed E-state index contributed by atoms with van der Waals surface area (Å²) in [5.41, 5.74) is 2.75. The van der Waals surface area contributed by atoms with Crippen LogP contribution in [0.4, 0.5) is 0 Å². The molecule has 0 aliphatic heterocycles. The van der Waals surface area contributed by atoms with Crippen molar-refractivity contribution in [1.29, 1.82) is 0 Å².